The molecule has 0 aliphatic carbocycles. The van der Waals surface area contributed by atoms with Gasteiger partial charge in [-0.05, 0) is 54.6 Å². The topological polar surface area (TPSA) is 98.1 Å². The standard InChI is InChI=1S/C19H17N3O4S2/c1-14(23)27-13-19(24)15-3-5-16(6-4-15)21-28(25,26)18-9-7-17(8-10-18)22-12-2-11-20-22/h2-12,21H,13H2,1H3. The monoisotopic (exact) mass is 415 g/mol. The zero-order valence-electron chi connectivity index (χ0n) is 14.9. The van der Waals surface area contributed by atoms with E-state index in [1.54, 1.807) is 35.3 Å². The fourth-order valence-electron chi connectivity index (χ4n) is 2.39. The van der Waals surface area contributed by atoms with Gasteiger partial charge in [-0.3, -0.25) is 14.3 Å². The average molecular weight is 415 g/mol. The van der Waals surface area contributed by atoms with Gasteiger partial charge >= 0.3 is 0 Å². The van der Waals surface area contributed by atoms with Crippen molar-refractivity contribution in [3.63, 3.8) is 0 Å². The highest BCUT2D eigenvalue weighted by Gasteiger charge is 2.15. The Kier molecular flexibility index (Phi) is 5.96. The molecule has 1 aromatic heterocycles. The first-order valence-electron chi connectivity index (χ1n) is 8.25. The van der Waals surface area contributed by atoms with E-state index in [2.05, 4.69) is 9.82 Å². The maximum absolute atomic E-state index is 12.6. The Bertz CT molecular complexity index is 1080. The number of carbonyl (C=O) groups is 2. The van der Waals surface area contributed by atoms with Gasteiger partial charge in [0.2, 0.25) is 0 Å². The molecule has 7 nitrogen and oxygen atoms in total. The van der Waals surface area contributed by atoms with E-state index in [4.69, 9.17) is 0 Å². The minimum absolute atomic E-state index is 0.0585. The molecule has 0 aliphatic heterocycles. The molecule has 0 amide bonds. The van der Waals surface area contributed by atoms with Gasteiger partial charge in [0.1, 0.15) is 0 Å². The largest absolute Gasteiger partial charge is 0.293 e. The summed E-state index contributed by atoms with van der Waals surface area (Å²) in [6.07, 6.45) is 3.40. The molecule has 0 fully saturated rings. The Morgan fingerprint density at radius 3 is 2.32 bits per heavy atom. The van der Waals surface area contributed by atoms with Gasteiger partial charge in [-0.25, -0.2) is 13.1 Å². The van der Waals surface area contributed by atoms with Crippen molar-refractivity contribution in [2.75, 3.05) is 10.5 Å². The van der Waals surface area contributed by atoms with E-state index >= 15 is 0 Å². The van der Waals surface area contributed by atoms with E-state index in [1.165, 1.54) is 43.3 Å². The van der Waals surface area contributed by atoms with Crippen LogP contribution < -0.4 is 4.72 Å². The number of rotatable bonds is 7. The van der Waals surface area contributed by atoms with E-state index in [0.717, 1.165) is 17.4 Å². The fourth-order valence-corrected chi connectivity index (χ4v) is 3.95. The molecule has 0 spiro atoms. The van der Waals surface area contributed by atoms with Crippen LogP contribution in [0, 0.1) is 0 Å². The number of Topliss-reactive ketones (excluding diaryl/α,β-unsaturated/α-hetero) is 1. The van der Waals surface area contributed by atoms with Crippen LogP contribution in [-0.4, -0.2) is 34.8 Å². The third-order valence-electron chi connectivity index (χ3n) is 3.78. The number of hydrogen-bond acceptors (Lipinski definition) is 6. The van der Waals surface area contributed by atoms with Crippen molar-refractivity contribution in [1.82, 2.24) is 9.78 Å². The molecule has 0 atom stereocenters. The van der Waals surface area contributed by atoms with Crippen LogP contribution in [0.15, 0.2) is 71.9 Å². The van der Waals surface area contributed by atoms with Gasteiger partial charge < -0.3 is 0 Å². The van der Waals surface area contributed by atoms with Gasteiger partial charge in [-0.1, -0.05) is 11.8 Å². The fraction of sp³-hybridized carbons (Fsp3) is 0.105. The number of ketones is 1. The van der Waals surface area contributed by atoms with Gasteiger partial charge in [0.05, 0.1) is 16.3 Å². The number of sulfonamides is 1. The summed E-state index contributed by atoms with van der Waals surface area (Å²) in [6.45, 7) is 1.40. The number of hydrogen-bond donors (Lipinski definition) is 1. The van der Waals surface area contributed by atoms with E-state index in [9.17, 15) is 18.0 Å². The first-order valence-corrected chi connectivity index (χ1v) is 10.7. The van der Waals surface area contributed by atoms with Crippen molar-refractivity contribution in [2.45, 2.75) is 11.8 Å². The molecule has 0 aliphatic rings. The van der Waals surface area contributed by atoms with Gasteiger partial charge in [0, 0.05) is 30.6 Å². The van der Waals surface area contributed by atoms with Crippen molar-refractivity contribution >= 4 is 38.4 Å². The molecule has 144 valence electrons. The van der Waals surface area contributed by atoms with Gasteiger partial charge in [0.25, 0.3) is 10.0 Å². The molecule has 9 heteroatoms. The van der Waals surface area contributed by atoms with Crippen LogP contribution in [0.5, 0.6) is 0 Å². The lowest BCUT2D eigenvalue weighted by atomic mass is 10.1. The summed E-state index contributed by atoms with van der Waals surface area (Å²) >= 11 is 0.940. The number of aromatic nitrogens is 2. The summed E-state index contributed by atoms with van der Waals surface area (Å²) in [5.41, 5.74) is 1.50. The van der Waals surface area contributed by atoms with Crippen molar-refractivity contribution in [3.05, 3.63) is 72.6 Å². The number of thioether (sulfide) groups is 1. The van der Waals surface area contributed by atoms with E-state index < -0.39 is 10.0 Å². The Hall–Kier alpha value is -2.91. The minimum Gasteiger partial charge on any atom is -0.293 e. The molecule has 0 bridgehead atoms. The van der Waals surface area contributed by atoms with Gasteiger partial charge in [-0.2, -0.15) is 5.10 Å². The third-order valence-corrected chi connectivity index (χ3v) is 5.99. The minimum atomic E-state index is -3.77. The zero-order valence-corrected chi connectivity index (χ0v) is 16.5. The van der Waals surface area contributed by atoms with Crippen LogP contribution in [0.1, 0.15) is 17.3 Å². The lowest BCUT2D eigenvalue weighted by molar-refractivity contribution is -0.109. The summed E-state index contributed by atoms with van der Waals surface area (Å²) in [4.78, 5) is 23.0. The highest BCUT2D eigenvalue weighted by Crippen LogP contribution is 2.19. The van der Waals surface area contributed by atoms with E-state index in [0.29, 0.717) is 11.3 Å². The molecular formula is C19H17N3O4S2. The van der Waals surface area contributed by atoms with E-state index in [1.807, 2.05) is 0 Å². The normalized spacial score (nSPS) is 11.2. The summed E-state index contributed by atoms with van der Waals surface area (Å²) in [6, 6.07) is 14.2. The maximum Gasteiger partial charge on any atom is 0.261 e. The van der Waals surface area contributed by atoms with Crippen molar-refractivity contribution in [3.8, 4) is 5.69 Å². The molecular weight excluding hydrogens is 398 g/mol. The number of nitrogens with one attached hydrogen (secondary N) is 1. The smallest absolute Gasteiger partial charge is 0.261 e. The first kappa shape index (κ1) is 19.8. The second-order valence-corrected chi connectivity index (χ2v) is 8.67. The molecule has 0 unspecified atom stereocenters. The highest BCUT2D eigenvalue weighted by atomic mass is 32.2. The molecule has 3 rings (SSSR count). The van der Waals surface area contributed by atoms with Crippen LogP contribution in [0.2, 0.25) is 0 Å². The molecule has 2 aromatic carbocycles. The number of benzene rings is 2. The van der Waals surface area contributed by atoms with Gasteiger partial charge in [0.15, 0.2) is 10.9 Å². The first-order chi connectivity index (χ1) is 13.3. The average Bonchev–Trinajstić information content (AvgIpc) is 3.21. The molecule has 1 heterocycles. The van der Waals surface area contributed by atoms with Gasteiger partial charge in [-0.15, -0.1) is 0 Å². The Labute approximate surface area is 166 Å². The Balaban J connectivity index is 1.70. The second-order valence-electron chi connectivity index (χ2n) is 5.83. The Morgan fingerprint density at radius 1 is 1.07 bits per heavy atom. The summed E-state index contributed by atoms with van der Waals surface area (Å²) in [5, 5.41) is 3.97. The summed E-state index contributed by atoms with van der Waals surface area (Å²) in [7, 11) is -3.77. The SMILES string of the molecule is CC(=O)SCC(=O)c1ccc(NS(=O)(=O)c2ccc(-n3cccn3)cc2)cc1. The second kappa shape index (κ2) is 8.41. The molecule has 3 aromatic rings. The quantitative estimate of drug-likeness (QED) is 0.596. The zero-order chi connectivity index (χ0) is 20.1. The lowest BCUT2D eigenvalue weighted by Gasteiger charge is -2.09. The number of anilines is 1. The van der Waals surface area contributed by atoms with Crippen LogP contribution in [0.4, 0.5) is 5.69 Å². The van der Waals surface area contributed by atoms with E-state index in [-0.39, 0.29) is 21.5 Å². The molecule has 0 saturated heterocycles. The summed E-state index contributed by atoms with van der Waals surface area (Å²) in [5.74, 6) is -0.132. The Morgan fingerprint density at radius 2 is 1.75 bits per heavy atom. The van der Waals surface area contributed by atoms with Crippen molar-refractivity contribution in [1.29, 1.82) is 0 Å². The third kappa shape index (κ3) is 4.87. The predicted octanol–water partition coefficient (Wildman–Crippen LogP) is 3.14. The summed E-state index contributed by atoms with van der Waals surface area (Å²) < 4.78 is 29.2. The maximum atomic E-state index is 12.6. The molecule has 28 heavy (non-hydrogen) atoms. The van der Waals surface area contributed by atoms with Crippen molar-refractivity contribution in [2.24, 2.45) is 0 Å². The molecule has 0 saturated carbocycles. The van der Waals surface area contributed by atoms with Crippen LogP contribution >= 0.6 is 11.8 Å². The highest BCUT2D eigenvalue weighted by molar-refractivity contribution is 8.14. The predicted molar refractivity (Wildman–Crippen MR) is 108 cm³/mol. The molecule has 0 radical (unpaired) electrons. The number of carbonyl (C=O) groups excluding carboxylic acids is 2. The van der Waals surface area contributed by atoms with Crippen LogP contribution in [-0.2, 0) is 14.8 Å². The lowest BCUT2D eigenvalue weighted by Crippen LogP contribution is -2.13. The van der Waals surface area contributed by atoms with Crippen LogP contribution in [0.3, 0.4) is 0 Å². The van der Waals surface area contributed by atoms with Crippen molar-refractivity contribution < 1.29 is 18.0 Å². The number of nitrogens with zero attached hydrogens (tertiary/aromatic N) is 2. The van der Waals surface area contributed by atoms with Crippen LogP contribution in [0.25, 0.3) is 5.69 Å². The molecule has 1 N–H and O–H groups in total.